The molecule has 1 N–H and O–H groups in total. The van der Waals surface area contributed by atoms with Gasteiger partial charge in [0.15, 0.2) is 0 Å². The lowest BCUT2D eigenvalue weighted by atomic mass is 10.4. The molecule has 0 spiro atoms. The van der Waals surface area contributed by atoms with Crippen LogP contribution in [0.5, 0.6) is 0 Å². The van der Waals surface area contributed by atoms with Crippen molar-refractivity contribution in [3.63, 3.8) is 0 Å². The van der Waals surface area contributed by atoms with E-state index >= 15 is 0 Å². The van der Waals surface area contributed by atoms with E-state index in [1.165, 1.54) is 0 Å². The Labute approximate surface area is 68.8 Å². The van der Waals surface area contributed by atoms with E-state index < -0.39 is 0 Å². The van der Waals surface area contributed by atoms with Crippen molar-refractivity contribution in [2.75, 3.05) is 33.4 Å². The van der Waals surface area contributed by atoms with E-state index in [0.29, 0.717) is 12.6 Å². The lowest BCUT2D eigenvalue weighted by Gasteiger charge is -2.15. The predicted octanol–water partition coefficient (Wildman–Crippen LogP) is 0.886. The standard InChI is InChI=1S/C8H19FN2/c1-8(2)10-5-7-11(3)6-4-9/h8,10H,4-7H2,1-3H3. The summed E-state index contributed by atoms with van der Waals surface area (Å²) in [5.41, 5.74) is 0. The van der Waals surface area contributed by atoms with Crippen molar-refractivity contribution in [1.29, 1.82) is 0 Å². The molecule has 0 unspecified atom stereocenters. The number of halogens is 1. The molecule has 0 saturated carbocycles. The number of alkyl halides is 1. The molecule has 68 valence electrons. The molecule has 0 fully saturated rings. The Kier molecular flexibility index (Phi) is 6.46. The third kappa shape index (κ3) is 7.75. The summed E-state index contributed by atoms with van der Waals surface area (Å²) in [6.45, 7) is 6.36. The normalized spacial score (nSPS) is 11.5. The molecule has 0 bridgehead atoms. The molecule has 0 amide bonds. The maximum atomic E-state index is 11.8. The maximum absolute atomic E-state index is 11.8. The Morgan fingerprint density at radius 1 is 1.36 bits per heavy atom. The quantitative estimate of drug-likeness (QED) is 0.624. The fraction of sp³-hybridized carbons (Fsp3) is 1.00. The van der Waals surface area contributed by atoms with Crippen molar-refractivity contribution in [2.24, 2.45) is 0 Å². The first-order valence-electron chi connectivity index (χ1n) is 4.14. The van der Waals surface area contributed by atoms with Crippen molar-refractivity contribution < 1.29 is 4.39 Å². The summed E-state index contributed by atoms with van der Waals surface area (Å²) in [5.74, 6) is 0. The van der Waals surface area contributed by atoms with Crippen molar-refractivity contribution >= 4 is 0 Å². The van der Waals surface area contributed by atoms with E-state index in [4.69, 9.17) is 0 Å². The number of rotatable bonds is 6. The highest BCUT2D eigenvalue weighted by Gasteiger charge is 1.97. The number of likely N-dealkylation sites (N-methyl/N-ethyl adjacent to an activating group) is 1. The van der Waals surface area contributed by atoms with Crippen LogP contribution in [0.2, 0.25) is 0 Å². The van der Waals surface area contributed by atoms with E-state index in [2.05, 4.69) is 19.2 Å². The molecule has 2 nitrogen and oxygen atoms in total. The molecule has 0 rings (SSSR count). The van der Waals surface area contributed by atoms with Crippen LogP contribution < -0.4 is 5.32 Å². The largest absolute Gasteiger partial charge is 0.313 e. The first kappa shape index (κ1) is 10.8. The Balaban J connectivity index is 3.10. The van der Waals surface area contributed by atoms with Gasteiger partial charge in [-0.05, 0) is 7.05 Å². The van der Waals surface area contributed by atoms with Crippen LogP contribution >= 0.6 is 0 Å². The van der Waals surface area contributed by atoms with Gasteiger partial charge in [-0.2, -0.15) is 0 Å². The van der Waals surface area contributed by atoms with Crippen LogP contribution in [-0.2, 0) is 0 Å². The lowest BCUT2D eigenvalue weighted by Crippen LogP contribution is -2.33. The summed E-state index contributed by atoms with van der Waals surface area (Å²) in [6, 6.07) is 0.522. The smallest absolute Gasteiger partial charge is 0.102 e. The van der Waals surface area contributed by atoms with Crippen LogP contribution in [0.25, 0.3) is 0 Å². The first-order valence-corrected chi connectivity index (χ1v) is 4.14. The minimum atomic E-state index is -0.252. The van der Waals surface area contributed by atoms with Gasteiger partial charge in [-0.15, -0.1) is 0 Å². The van der Waals surface area contributed by atoms with Gasteiger partial charge in [-0.25, -0.2) is 4.39 Å². The number of nitrogens with zero attached hydrogens (tertiary/aromatic N) is 1. The molecule has 0 aliphatic carbocycles. The third-order valence-electron chi connectivity index (χ3n) is 1.51. The third-order valence-corrected chi connectivity index (χ3v) is 1.51. The average molecular weight is 162 g/mol. The Morgan fingerprint density at radius 3 is 2.45 bits per heavy atom. The summed E-state index contributed by atoms with van der Waals surface area (Å²) in [7, 11) is 1.93. The second kappa shape index (κ2) is 6.55. The molecule has 3 heteroatoms. The monoisotopic (exact) mass is 162 g/mol. The molecule has 0 heterocycles. The van der Waals surface area contributed by atoms with Gasteiger partial charge in [0.05, 0.1) is 0 Å². The van der Waals surface area contributed by atoms with Crippen LogP contribution in [0.4, 0.5) is 4.39 Å². The summed E-state index contributed by atoms with van der Waals surface area (Å²) in [5, 5.41) is 3.27. The highest BCUT2D eigenvalue weighted by molar-refractivity contribution is 4.56. The Bertz CT molecular complexity index is 86.2. The lowest BCUT2D eigenvalue weighted by molar-refractivity contribution is 0.291. The highest BCUT2D eigenvalue weighted by Crippen LogP contribution is 1.82. The van der Waals surface area contributed by atoms with Crippen molar-refractivity contribution in [3.8, 4) is 0 Å². The Morgan fingerprint density at radius 2 is 2.00 bits per heavy atom. The van der Waals surface area contributed by atoms with E-state index in [1.807, 2.05) is 11.9 Å². The molecule has 0 aliphatic heterocycles. The zero-order chi connectivity index (χ0) is 8.69. The van der Waals surface area contributed by atoms with Gasteiger partial charge in [0, 0.05) is 25.7 Å². The predicted molar refractivity (Wildman–Crippen MR) is 46.6 cm³/mol. The molecule has 0 aromatic rings. The average Bonchev–Trinajstić information content (AvgIpc) is 1.87. The van der Waals surface area contributed by atoms with Crippen LogP contribution in [-0.4, -0.2) is 44.3 Å². The molecule has 0 atom stereocenters. The fourth-order valence-electron chi connectivity index (χ4n) is 0.800. The van der Waals surface area contributed by atoms with Gasteiger partial charge in [0.1, 0.15) is 6.67 Å². The highest BCUT2D eigenvalue weighted by atomic mass is 19.1. The van der Waals surface area contributed by atoms with E-state index in [9.17, 15) is 4.39 Å². The minimum absolute atomic E-state index is 0.252. The first-order chi connectivity index (χ1) is 5.16. The topological polar surface area (TPSA) is 15.3 Å². The molecular weight excluding hydrogens is 143 g/mol. The van der Waals surface area contributed by atoms with Gasteiger partial charge in [0.2, 0.25) is 0 Å². The molecule has 0 radical (unpaired) electrons. The molecule has 11 heavy (non-hydrogen) atoms. The maximum Gasteiger partial charge on any atom is 0.102 e. The number of hydrogen-bond donors (Lipinski definition) is 1. The summed E-state index contributed by atoms with van der Waals surface area (Å²) >= 11 is 0. The van der Waals surface area contributed by atoms with Crippen LogP contribution in [0.1, 0.15) is 13.8 Å². The van der Waals surface area contributed by atoms with Crippen molar-refractivity contribution in [3.05, 3.63) is 0 Å². The van der Waals surface area contributed by atoms with Gasteiger partial charge in [-0.1, -0.05) is 13.8 Å². The van der Waals surface area contributed by atoms with Gasteiger partial charge in [-0.3, -0.25) is 0 Å². The van der Waals surface area contributed by atoms with E-state index in [0.717, 1.165) is 13.1 Å². The van der Waals surface area contributed by atoms with Crippen molar-refractivity contribution in [1.82, 2.24) is 10.2 Å². The second-order valence-corrected chi connectivity index (χ2v) is 3.10. The Hall–Kier alpha value is -0.150. The van der Waals surface area contributed by atoms with Gasteiger partial charge >= 0.3 is 0 Å². The second-order valence-electron chi connectivity index (χ2n) is 3.10. The van der Waals surface area contributed by atoms with Crippen LogP contribution in [0, 0.1) is 0 Å². The SMILES string of the molecule is CC(C)NCCN(C)CCF. The minimum Gasteiger partial charge on any atom is -0.313 e. The summed E-state index contributed by atoms with van der Waals surface area (Å²) in [6.07, 6.45) is 0. The number of hydrogen-bond acceptors (Lipinski definition) is 2. The zero-order valence-electron chi connectivity index (χ0n) is 7.73. The van der Waals surface area contributed by atoms with Crippen molar-refractivity contribution in [2.45, 2.75) is 19.9 Å². The fourth-order valence-corrected chi connectivity index (χ4v) is 0.800. The summed E-state index contributed by atoms with van der Waals surface area (Å²) < 4.78 is 11.8. The molecular formula is C8H19FN2. The molecule has 0 aromatic carbocycles. The van der Waals surface area contributed by atoms with Gasteiger partial charge in [0.25, 0.3) is 0 Å². The molecule has 0 aliphatic rings. The van der Waals surface area contributed by atoms with Gasteiger partial charge < -0.3 is 10.2 Å². The molecule has 0 aromatic heterocycles. The van der Waals surface area contributed by atoms with E-state index in [-0.39, 0.29) is 6.67 Å². The van der Waals surface area contributed by atoms with E-state index in [1.54, 1.807) is 0 Å². The molecule has 0 saturated heterocycles. The van der Waals surface area contributed by atoms with Crippen LogP contribution in [0.3, 0.4) is 0 Å². The zero-order valence-corrected chi connectivity index (χ0v) is 7.73. The van der Waals surface area contributed by atoms with Crippen LogP contribution in [0.15, 0.2) is 0 Å². The number of nitrogens with one attached hydrogen (secondary N) is 1. The summed E-state index contributed by atoms with van der Waals surface area (Å²) in [4.78, 5) is 1.98.